The van der Waals surface area contributed by atoms with Crippen LogP contribution in [0.5, 0.6) is 0 Å². The first kappa shape index (κ1) is 17.5. The molecule has 1 aliphatic carbocycles. The molecule has 0 amide bonds. The molecule has 1 aromatic rings. The standard InChI is InChI=1S/C20H30N2O2S/c1-16-12-17(2)14-21(13-16)25(23,24)22-15-19-10-6-7-11-20(19,22)18-8-4-3-5-9-18/h3-5,8-9,16-17,19H,6-7,10-15H2,1-2H3/t16-,17+,19-,20-/m1/s1. The summed E-state index contributed by atoms with van der Waals surface area (Å²) < 4.78 is 30.7. The molecule has 0 unspecified atom stereocenters. The third kappa shape index (κ3) is 2.75. The second-order valence-electron chi connectivity index (χ2n) is 8.53. The number of nitrogens with zero attached hydrogens (tertiary/aromatic N) is 2. The first-order valence-corrected chi connectivity index (χ1v) is 11.2. The Bertz CT molecular complexity index is 710. The van der Waals surface area contributed by atoms with Gasteiger partial charge in [-0.1, -0.05) is 57.0 Å². The van der Waals surface area contributed by atoms with Crippen molar-refractivity contribution < 1.29 is 8.42 Å². The molecule has 0 spiro atoms. The van der Waals surface area contributed by atoms with E-state index in [9.17, 15) is 8.42 Å². The molecule has 25 heavy (non-hydrogen) atoms. The van der Waals surface area contributed by atoms with Crippen LogP contribution >= 0.6 is 0 Å². The molecule has 3 aliphatic rings. The predicted molar refractivity (Wildman–Crippen MR) is 100 cm³/mol. The molecule has 1 aromatic carbocycles. The maximum Gasteiger partial charge on any atom is 0.282 e. The van der Waals surface area contributed by atoms with Gasteiger partial charge in [0.15, 0.2) is 0 Å². The van der Waals surface area contributed by atoms with Gasteiger partial charge in [0.1, 0.15) is 0 Å². The van der Waals surface area contributed by atoms with Crippen LogP contribution in [0.3, 0.4) is 0 Å². The number of piperidine rings is 1. The van der Waals surface area contributed by atoms with Gasteiger partial charge in [-0.15, -0.1) is 0 Å². The molecular weight excluding hydrogens is 332 g/mol. The van der Waals surface area contributed by atoms with Gasteiger partial charge in [0.25, 0.3) is 10.2 Å². The monoisotopic (exact) mass is 362 g/mol. The van der Waals surface area contributed by atoms with E-state index in [4.69, 9.17) is 0 Å². The lowest BCUT2D eigenvalue weighted by atomic mass is 9.63. The summed E-state index contributed by atoms with van der Waals surface area (Å²) in [6.45, 7) is 6.36. The molecule has 3 fully saturated rings. The van der Waals surface area contributed by atoms with Gasteiger partial charge >= 0.3 is 0 Å². The third-order valence-corrected chi connectivity index (χ3v) is 8.56. The Hall–Kier alpha value is -0.910. The zero-order valence-corrected chi connectivity index (χ0v) is 16.2. The van der Waals surface area contributed by atoms with Crippen LogP contribution in [0.15, 0.2) is 30.3 Å². The fourth-order valence-corrected chi connectivity index (χ4v) is 7.82. The highest BCUT2D eigenvalue weighted by Crippen LogP contribution is 2.55. The van der Waals surface area contributed by atoms with E-state index in [0.29, 0.717) is 37.4 Å². The van der Waals surface area contributed by atoms with Crippen LogP contribution in [0.25, 0.3) is 0 Å². The molecule has 4 rings (SSSR count). The van der Waals surface area contributed by atoms with Crippen LogP contribution in [0, 0.1) is 17.8 Å². The minimum absolute atomic E-state index is 0.303. The number of benzene rings is 1. The number of hydrogen-bond acceptors (Lipinski definition) is 2. The normalized spacial score (nSPS) is 37.3. The summed E-state index contributed by atoms with van der Waals surface area (Å²) in [5.74, 6) is 1.35. The summed E-state index contributed by atoms with van der Waals surface area (Å²) in [5, 5.41) is 0. The lowest BCUT2D eigenvalue weighted by molar-refractivity contribution is -0.0556. The molecule has 0 N–H and O–H groups in total. The van der Waals surface area contributed by atoms with Crippen molar-refractivity contribution in [2.24, 2.45) is 17.8 Å². The van der Waals surface area contributed by atoms with E-state index in [1.807, 2.05) is 22.5 Å². The molecule has 2 aliphatic heterocycles. The summed E-state index contributed by atoms with van der Waals surface area (Å²) in [6.07, 6.45) is 5.57. The molecule has 1 saturated carbocycles. The Balaban J connectivity index is 1.69. The van der Waals surface area contributed by atoms with Crippen LogP contribution in [0.2, 0.25) is 0 Å². The smallest absolute Gasteiger partial charge is 0.195 e. The molecule has 0 bridgehead atoms. The Labute approximate surface area is 152 Å². The fraction of sp³-hybridized carbons (Fsp3) is 0.700. The first-order chi connectivity index (χ1) is 11.9. The molecule has 0 aromatic heterocycles. The minimum atomic E-state index is -3.40. The van der Waals surface area contributed by atoms with Gasteiger partial charge in [0, 0.05) is 19.6 Å². The molecule has 0 radical (unpaired) electrons. The Morgan fingerprint density at radius 3 is 2.32 bits per heavy atom. The third-order valence-electron chi connectivity index (χ3n) is 6.58. The molecule has 2 heterocycles. The van der Waals surface area contributed by atoms with E-state index in [0.717, 1.165) is 25.7 Å². The van der Waals surface area contributed by atoms with E-state index in [1.54, 1.807) is 4.31 Å². The zero-order valence-electron chi connectivity index (χ0n) is 15.4. The average molecular weight is 363 g/mol. The SMILES string of the molecule is C[C@@H]1C[C@H](C)CN(S(=O)(=O)N2C[C@H]3CCCC[C@@]32c2ccccc2)C1. The van der Waals surface area contributed by atoms with Gasteiger partial charge in [-0.05, 0) is 42.6 Å². The van der Waals surface area contributed by atoms with Crippen LogP contribution in [-0.2, 0) is 15.7 Å². The largest absolute Gasteiger partial charge is 0.282 e. The number of hydrogen-bond donors (Lipinski definition) is 0. The van der Waals surface area contributed by atoms with Crippen molar-refractivity contribution in [3.63, 3.8) is 0 Å². The van der Waals surface area contributed by atoms with Gasteiger partial charge in [-0.25, -0.2) is 0 Å². The lowest BCUT2D eigenvalue weighted by Gasteiger charge is -2.61. The zero-order chi connectivity index (χ0) is 17.7. The number of fused-ring (bicyclic) bond motifs is 1. The Kier molecular flexibility index (Phi) is 4.45. The van der Waals surface area contributed by atoms with Crippen LogP contribution in [0.1, 0.15) is 51.5 Å². The Morgan fingerprint density at radius 1 is 1.00 bits per heavy atom. The number of rotatable bonds is 3. The van der Waals surface area contributed by atoms with Crippen molar-refractivity contribution in [1.29, 1.82) is 0 Å². The average Bonchev–Trinajstić information content (AvgIpc) is 2.56. The minimum Gasteiger partial charge on any atom is -0.195 e. The molecule has 2 saturated heterocycles. The summed E-state index contributed by atoms with van der Waals surface area (Å²) in [4.78, 5) is 0. The summed E-state index contributed by atoms with van der Waals surface area (Å²) in [6, 6.07) is 10.4. The lowest BCUT2D eigenvalue weighted by Crippen LogP contribution is -2.70. The van der Waals surface area contributed by atoms with Crippen LogP contribution in [-0.4, -0.2) is 36.7 Å². The quantitative estimate of drug-likeness (QED) is 0.824. The van der Waals surface area contributed by atoms with Crippen LogP contribution in [0.4, 0.5) is 0 Å². The van der Waals surface area contributed by atoms with Gasteiger partial charge in [-0.2, -0.15) is 17.0 Å². The summed E-state index contributed by atoms with van der Waals surface area (Å²) >= 11 is 0. The second-order valence-corrected chi connectivity index (χ2v) is 10.4. The van der Waals surface area contributed by atoms with Crippen LogP contribution < -0.4 is 0 Å². The maximum atomic E-state index is 13.5. The van der Waals surface area contributed by atoms with Crippen molar-refractivity contribution in [1.82, 2.24) is 8.61 Å². The molecule has 4 nitrogen and oxygen atoms in total. The van der Waals surface area contributed by atoms with E-state index >= 15 is 0 Å². The summed E-state index contributed by atoms with van der Waals surface area (Å²) in [5.41, 5.74) is 0.884. The highest BCUT2D eigenvalue weighted by molar-refractivity contribution is 7.86. The van der Waals surface area contributed by atoms with Gasteiger partial charge in [0.05, 0.1) is 5.54 Å². The van der Waals surface area contributed by atoms with E-state index < -0.39 is 10.2 Å². The van der Waals surface area contributed by atoms with Gasteiger partial charge < -0.3 is 0 Å². The fourth-order valence-electron chi connectivity index (χ4n) is 5.53. The van der Waals surface area contributed by atoms with Crippen molar-refractivity contribution >= 4 is 10.2 Å². The molecule has 4 atom stereocenters. The van der Waals surface area contributed by atoms with E-state index in [-0.39, 0.29) is 5.54 Å². The molecular formula is C20H30N2O2S. The predicted octanol–water partition coefficient (Wildman–Crippen LogP) is 3.61. The highest BCUT2D eigenvalue weighted by atomic mass is 32.2. The molecule has 5 heteroatoms. The topological polar surface area (TPSA) is 40.6 Å². The Morgan fingerprint density at radius 2 is 1.68 bits per heavy atom. The van der Waals surface area contributed by atoms with E-state index in [1.165, 1.54) is 12.0 Å². The summed E-state index contributed by atoms with van der Waals surface area (Å²) in [7, 11) is -3.40. The maximum absolute atomic E-state index is 13.5. The first-order valence-electron chi connectivity index (χ1n) is 9.78. The van der Waals surface area contributed by atoms with Crippen molar-refractivity contribution in [3.8, 4) is 0 Å². The van der Waals surface area contributed by atoms with E-state index in [2.05, 4.69) is 26.0 Å². The van der Waals surface area contributed by atoms with Gasteiger partial charge in [0.2, 0.25) is 0 Å². The van der Waals surface area contributed by atoms with Crippen molar-refractivity contribution in [2.45, 2.75) is 51.5 Å². The van der Waals surface area contributed by atoms with Crippen molar-refractivity contribution in [2.75, 3.05) is 19.6 Å². The van der Waals surface area contributed by atoms with Gasteiger partial charge in [-0.3, -0.25) is 0 Å². The highest BCUT2D eigenvalue weighted by Gasteiger charge is 2.60. The van der Waals surface area contributed by atoms with Crippen molar-refractivity contribution in [3.05, 3.63) is 35.9 Å². The second kappa shape index (κ2) is 6.36. The molecule has 138 valence electrons.